The van der Waals surface area contributed by atoms with Crippen LogP contribution in [0.4, 0.5) is 13.2 Å². The number of aromatic nitrogens is 6. The van der Waals surface area contributed by atoms with Crippen molar-refractivity contribution < 1.29 is 18.0 Å². The molecule has 1 atom stereocenters. The van der Waals surface area contributed by atoms with Crippen LogP contribution in [0.25, 0.3) is 5.82 Å². The fourth-order valence-electron chi connectivity index (χ4n) is 3.01. The van der Waals surface area contributed by atoms with Crippen molar-refractivity contribution in [2.75, 3.05) is 6.54 Å². The van der Waals surface area contributed by atoms with Crippen LogP contribution in [0.1, 0.15) is 42.0 Å². The van der Waals surface area contributed by atoms with Crippen molar-refractivity contribution in [1.29, 1.82) is 0 Å². The number of carbonyl (C=O) groups excluding carboxylic acids is 1. The van der Waals surface area contributed by atoms with Gasteiger partial charge in [0.15, 0.2) is 5.82 Å². The number of pyridine rings is 1. The molecule has 0 bridgehead atoms. The molecule has 0 saturated heterocycles. The Bertz CT molecular complexity index is 1030. The van der Waals surface area contributed by atoms with Gasteiger partial charge in [-0.05, 0) is 26.3 Å². The molecule has 0 unspecified atom stereocenters. The monoisotopic (exact) mass is 453 g/mol. The zero-order valence-electron chi connectivity index (χ0n) is 16.7. The third-order valence-corrected chi connectivity index (χ3v) is 4.83. The second-order valence-electron chi connectivity index (χ2n) is 6.71. The molecule has 12 heteroatoms. The lowest BCUT2D eigenvalue weighted by atomic mass is 10.1. The van der Waals surface area contributed by atoms with Crippen LogP contribution in [0.2, 0.25) is 5.02 Å². The van der Waals surface area contributed by atoms with E-state index in [0.717, 1.165) is 12.4 Å². The van der Waals surface area contributed by atoms with Gasteiger partial charge in [-0.15, -0.1) is 4.80 Å². The highest BCUT2D eigenvalue weighted by Crippen LogP contribution is 2.28. The first-order chi connectivity index (χ1) is 14.7. The van der Waals surface area contributed by atoms with Crippen molar-refractivity contribution in [1.82, 2.24) is 34.8 Å². The molecule has 0 aliphatic rings. The highest BCUT2D eigenvalue weighted by Gasteiger charge is 2.31. The van der Waals surface area contributed by atoms with Crippen molar-refractivity contribution >= 4 is 17.5 Å². The lowest BCUT2D eigenvalue weighted by molar-refractivity contribution is -0.138. The summed E-state index contributed by atoms with van der Waals surface area (Å²) in [6, 6.07) is 1.25. The Morgan fingerprint density at radius 2 is 1.81 bits per heavy atom. The van der Waals surface area contributed by atoms with Crippen LogP contribution >= 0.6 is 11.6 Å². The summed E-state index contributed by atoms with van der Waals surface area (Å²) < 4.78 is 37.9. The Balaban J connectivity index is 1.74. The minimum absolute atomic E-state index is 0.239. The predicted octanol–water partition coefficient (Wildman–Crippen LogP) is 3.61. The maximum absolute atomic E-state index is 13.3. The van der Waals surface area contributed by atoms with E-state index < -0.39 is 11.7 Å². The summed E-state index contributed by atoms with van der Waals surface area (Å²) in [5.41, 5.74) is -0.661. The molecule has 0 aliphatic heterocycles. The summed E-state index contributed by atoms with van der Waals surface area (Å²) in [7, 11) is 0. The number of carbonyl (C=O) groups is 1. The van der Waals surface area contributed by atoms with E-state index in [1.165, 1.54) is 29.5 Å². The highest BCUT2D eigenvalue weighted by molar-refractivity contribution is 6.30. The van der Waals surface area contributed by atoms with Gasteiger partial charge in [-0.1, -0.05) is 11.6 Å². The number of hydrogen-bond donors (Lipinski definition) is 0. The Morgan fingerprint density at radius 3 is 2.39 bits per heavy atom. The van der Waals surface area contributed by atoms with Gasteiger partial charge in [0.05, 0.1) is 28.5 Å². The van der Waals surface area contributed by atoms with Gasteiger partial charge in [0.2, 0.25) is 0 Å². The summed E-state index contributed by atoms with van der Waals surface area (Å²) in [6.45, 7) is 4.06. The van der Waals surface area contributed by atoms with Gasteiger partial charge < -0.3 is 4.90 Å². The normalized spacial score (nSPS) is 12.6. The second kappa shape index (κ2) is 9.38. The number of nitrogens with zero attached hydrogens (tertiary/aromatic N) is 7. The van der Waals surface area contributed by atoms with Crippen LogP contribution in [0.5, 0.6) is 0 Å². The molecule has 0 fully saturated rings. The van der Waals surface area contributed by atoms with Crippen LogP contribution in [0.3, 0.4) is 0 Å². The van der Waals surface area contributed by atoms with E-state index in [2.05, 4.69) is 25.1 Å². The Kier molecular flexibility index (Phi) is 6.84. The van der Waals surface area contributed by atoms with Gasteiger partial charge in [-0.25, -0.2) is 15.0 Å². The Labute approximate surface area is 181 Å². The number of aryl methyl sites for hydroxylation is 1. The zero-order chi connectivity index (χ0) is 22.6. The average molecular weight is 454 g/mol. The highest BCUT2D eigenvalue weighted by atomic mass is 35.5. The Morgan fingerprint density at radius 1 is 1.16 bits per heavy atom. The minimum Gasteiger partial charge on any atom is -0.336 e. The van der Waals surface area contributed by atoms with Gasteiger partial charge in [-0.2, -0.15) is 23.4 Å². The molecule has 0 spiro atoms. The summed E-state index contributed by atoms with van der Waals surface area (Å²) >= 11 is 6.06. The molecule has 1 amide bonds. The first-order valence-corrected chi connectivity index (χ1v) is 9.79. The van der Waals surface area contributed by atoms with E-state index in [9.17, 15) is 18.0 Å². The van der Waals surface area contributed by atoms with Gasteiger partial charge in [0.25, 0.3) is 5.91 Å². The number of rotatable bonds is 7. The molecule has 0 aliphatic carbocycles. The molecular weight excluding hydrogens is 435 g/mol. The van der Waals surface area contributed by atoms with Gasteiger partial charge in [-0.3, -0.25) is 4.79 Å². The molecule has 0 N–H and O–H groups in total. The fraction of sp³-hybridized carbons (Fsp3) is 0.368. The van der Waals surface area contributed by atoms with E-state index >= 15 is 0 Å². The first-order valence-electron chi connectivity index (χ1n) is 9.42. The SMILES string of the molecule is CCN(C(=O)c1cc(Cl)cnc1-n1nccn1)[C@@H](C)CCc1ncc(C(F)(F)F)cn1. The summed E-state index contributed by atoms with van der Waals surface area (Å²) in [4.78, 5) is 27.9. The maximum atomic E-state index is 13.3. The lowest BCUT2D eigenvalue weighted by Crippen LogP contribution is -2.39. The third kappa shape index (κ3) is 5.35. The van der Waals surface area contributed by atoms with Crippen LogP contribution < -0.4 is 0 Å². The first kappa shape index (κ1) is 22.6. The molecule has 8 nitrogen and oxygen atoms in total. The average Bonchev–Trinajstić information content (AvgIpc) is 3.27. The third-order valence-electron chi connectivity index (χ3n) is 4.62. The van der Waals surface area contributed by atoms with Crippen LogP contribution in [0, 0.1) is 0 Å². The van der Waals surface area contributed by atoms with E-state index in [0.29, 0.717) is 24.4 Å². The summed E-state index contributed by atoms with van der Waals surface area (Å²) in [5, 5.41) is 8.34. The topological polar surface area (TPSA) is 89.7 Å². The van der Waals surface area contributed by atoms with E-state index in [-0.39, 0.29) is 29.2 Å². The lowest BCUT2D eigenvalue weighted by Gasteiger charge is -2.28. The molecule has 3 aromatic heterocycles. The molecule has 3 heterocycles. The number of halogens is 4. The molecular formula is C19H19ClF3N7O. The molecule has 0 saturated carbocycles. The molecule has 3 rings (SSSR count). The fourth-order valence-corrected chi connectivity index (χ4v) is 3.17. The quantitative estimate of drug-likeness (QED) is 0.543. The number of alkyl halides is 3. The van der Waals surface area contributed by atoms with E-state index in [4.69, 9.17) is 11.6 Å². The summed E-state index contributed by atoms with van der Waals surface area (Å²) in [5.74, 6) is 0.205. The van der Waals surface area contributed by atoms with Crippen molar-refractivity contribution in [3.8, 4) is 5.82 Å². The maximum Gasteiger partial charge on any atom is 0.419 e. The zero-order valence-corrected chi connectivity index (χ0v) is 17.5. The van der Waals surface area contributed by atoms with Gasteiger partial charge >= 0.3 is 6.18 Å². The second-order valence-corrected chi connectivity index (χ2v) is 7.14. The van der Waals surface area contributed by atoms with Crippen molar-refractivity contribution in [3.05, 3.63) is 59.0 Å². The van der Waals surface area contributed by atoms with Crippen LogP contribution in [-0.4, -0.2) is 53.3 Å². The van der Waals surface area contributed by atoms with Crippen molar-refractivity contribution in [2.45, 2.75) is 38.9 Å². The molecule has 3 aromatic rings. The van der Waals surface area contributed by atoms with Gasteiger partial charge in [0, 0.05) is 37.6 Å². The predicted molar refractivity (Wildman–Crippen MR) is 106 cm³/mol. The number of hydrogen-bond acceptors (Lipinski definition) is 6. The summed E-state index contributed by atoms with van der Waals surface area (Å²) in [6.07, 6.45) is 2.14. The standard InChI is InChI=1S/C19H19ClF3N7O/c1-3-29(12(2)4-5-16-24-9-13(10-25-16)19(21,22)23)18(31)15-8-14(20)11-26-17(15)30-27-6-7-28-30/h6-12H,3-5H2,1-2H3/t12-/m0/s1. The molecule has 31 heavy (non-hydrogen) atoms. The number of amides is 1. The largest absolute Gasteiger partial charge is 0.419 e. The van der Waals surface area contributed by atoms with Crippen molar-refractivity contribution in [3.63, 3.8) is 0 Å². The van der Waals surface area contributed by atoms with Gasteiger partial charge in [0.1, 0.15) is 5.82 Å². The van der Waals surface area contributed by atoms with E-state index in [1.54, 1.807) is 4.90 Å². The van der Waals surface area contributed by atoms with Crippen LogP contribution in [0.15, 0.2) is 37.1 Å². The van der Waals surface area contributed by atoms with E-state index in [1.807, 2.05) is 13.8 Å². The minimum atomic E-state index is -4.48. The molecule has 0 radical (unpaired) electrons. The van der Waals surface area contributed by atoms with Crippen molar-refractivity contribution in [2.24, 2.45) is 0 Å². The smallest absolute Gasteiger partial charge is 0.336 e. The molecule has 164 valence electrons. The molecule has 0 aromatic carbocycles. The van der Waals surface area contributed by atoms with Crippen LogP contribution in [-0.2, 0) is 12.6 Å². The Hall–Kier alpha value is -3.08.